The van der Waals surface area contributed by atoms with Crippen molar-refractivity contribution in [2.24, 2.45) is 0 Å². The zero-order valence-corrected chi connectivity index (χ0v) is 14.7. The number of nitrogens with zero attached hydrogens (tertiary/aromatic N) is 2. The molecule has 0 aliphatic carbocycles. The van der Waals surface area contributed by atoms with Crippen LogP contribution in [0.25, 0.3) is 0 Å². The Morgan fingerprint density at radius 3 is 2.52 bits per heavy atom. The Morgan fingerprint density at radius 1 is 1.08 bits per heavy atom. The fraction of sp³-hybridized carbons (Fsp3) is 0.316. The molecule has 6 nitrogen and oxygen atoms in total. The molecule has 1 N–H and O–H groups in total. The third-order valence-corrected chi connectivity index (χ3v) is 4.02. The minimum absolute atomic E-state index is 0.184. The van der Waals surface area contributed by atoms with E-state index in [4.69, 9.17) is 9.47 Å². The van der Waals surface area contributed by atoms with Gasteiger partial charge in [-0.3, -0.25) is 0 Å². The molecule has 0 fully saturated rings. The van der Waals surface area contributed by atoms with Gasteiger partial charge >= 0.3 is 6.03 Å². The first-order chi connectivity index (χ1) is 12.0. The lowest BCUT2D eigenvalue weighted by Crippen LogP contribution is -2.43. The lowest BCUT2D eigenvalue weighted by molar-refractivity contribution is 0.0731. The Kier molecular flexibility index (Phi) is 4.97. The summed E-state index contributed by atoms with van der Waals surface area (Å²) in [6.07, 6.45) is -0.199. The summed E-state index contributed by atoms with van der Waals surface area (Å²) in [5.74, 6) is 1.45. The van der Waals surface area contributed by atoms with E-state index in [-0.39, 0.29) is 12.1 Å². The smallest absolute Gasteiger partial charge is 0.321 e. The van der Waals surface area contributed by atoms with Crippen LogP contribution in [0.3, 0.4) is 0 Å². The van der Waals surface area contributed by atoms with E-state index >= 15 is 0 Å². The van der Waals surface area contributed by atoms with Crippen molar-refractivity contribution < 1.29 is 14.3 Å². The van der Waals surface area contributed by atoms with E-state index in [0.29, 0.717) is 18.9 Å². The van der Waals surface area contributed by atoms with E-state index in [2.05, 4.69) is 5.32 Å². The van der Waals surface area contributed by atoms with Crippen LogP contribution < -0.4 is 19.7 Å². The number of ether oxygens (including phenoxy) is 2. The molecule has 1 aliphatic heterocycles. The van der Waals surface area contributed by atoms with E-state index < -0.39 is 0 Å². The summed E-state index contributed by atoms with van der Waals surface area (Å²) < 4.78 is 11.6. The van der Waals surface area contributed by atoms with Gasteiger partial charge in [-0.1, -0.05) is 24.3 Å². The number of anilines is 2. The van der Waals surface area contributed by atoms with Crippen molar-refractivity contribution in [3.63, 3.8) is 0 Å². The van der Waals surface area contributed by atoms with Crippen LogP contribution in [0.1, 0.15) is 0 Å². The number of fused-ring (bicyclic) bond motifs is 1. The van der Waals surface area contributed by atoms with Gasteiger partial charge in [0.2, 0.25) is 0 Å². The van der Waals surface area contributed by atoms with Crippen LogP contribution in [0.4, 0.5) is 16.2 Å². The molecule has 1 unspecified atom stereocenters. The molecule has 2 aromatic rings. The molecule has 1 atom stereocenters. The number of likely N-dealkylation sites (N-methyl/N-ethyl adjacent to an activating group) is 1. The molecule has 0 bridgehead atoms. The van der Waals surface area contributed by atoms with Gasteiger partial charge in [-0.2, -0.15) is 0 Å². The summed E-state index contributed by atoms with van der Waals surface area (Å²) in [6.45, 7) is 0.854. The lowest BCUT2D eigenvalue weighted by atomic mass is 10.2. The minimum atomic E-state index is -0.199. The van der Waals surface area contributed by atoms with Gasteiger partial charge in [0, 0.05) is 21.1 Å². The second kappa shape index (κ2) is 7.34. The minimum Gasteiger partial charge on any atom is -0.486 e. The summed E-state index contributed by atoms with van der Waals surface area (Å²) in [4.78, 5) is 16.1. The Hall–Kier alpha value is -2.89. The van der Waals surface area contributed by atoms with Gasteiger partial charge < -0.3 is 24.6 Å². The molecule has 1 heterocycles. The predicted molar refractivity (Wildman–Crippen MR) is 98.8 cm³/mol. The van der Waals surface area contributed by atoms with Gasteiger partial charge in [0.15, 0.2) is 17.6 Å². The van der Waals surface area contributed by atoms with Crippen molar-refractivity contribution in [3.05, 3.63) is 48.5 Å². The topological polar surface area (TPSA) is 54.0 Å². The van der Waals surface area contributed by atoms with Crippen LogP contribution in [0.5, 0.6) is 11.5 Å². The summed E-state index contributed by atoms with van der Waals surface area (Å²) in [5, 5.41) is 2.95. The molecule has 0 aromatic heterocycles. The third kappa shape index (κ3) is 3.96. The summed E-state index contributed by atoms with van der Waals surface area (Å²) in [6, 6.07) is 15.1. The number of para-hydroxylation sites is 4. The fourth-order valence-electron chi connectivity index (χ4n) is 2.72. The molecule has 132 valence electrons. The summed E-state index contributed by atoms with van der Waals surface area (Å²) >= 11 is 0. The van der Waals surface area contributed by atoms with Crippen molar-refractivity contribution in [2.45, 2.75) is 6.10 Å². The van der Waals surface area contributed by atoms with Crippen LogP contribution in [0, 0.1) is 0 Å². The highest BCUT2D eigenvalue weighted by molar-refractivity contribution is 5.93. The quantitative estimate of drug-likeness (QED) is 0.929. The Balaban J connectivity index is 1.61. The molecule has 0 spiro atoms. The first-order valence-corrected chi connectivity index (χ1v) is 8.21. The van der Waals surface area contributed by atoms with Gasteiger partial charge in [0.25, 0.3) is 0 Å². The van der Waals surface area contributed by atoms with Crippen molar-refractivity contribution in [1.29, 1.82) is 0 Å². The first kappa shape index (κ1) is 17.0. The van der Waals surface area contributed by atoms with Crippen LogP contribution in [0.15, 0.2) is 48.5 Å². The van der Waals surface area contributed by atoms with Gasteiger partial charge in [-0.15, -0.1) is 0 Å². The number of benzene rings is 2. The highest BCUT2D eigenvalue weighted by Crippen LogP contribution is 2.31. The maximum Gasteiger partial charge on any atom is 0.321 e. The fourth-order valence-corrected chi connectivity index (χ4v) is 2.72. The van der Waals surface area contributed by atoms with Gasteiger partial charge in [0.1, 0.15) is 6.61 Å². The van der Waals surface area contributed by atoms with E-state index in [0.717, 1.165) is 17.1 Å². The van der Waals surface area contributed by atoms with Crippen LogP contribution in [0.2, 0.25) is 0 Å². The van der Waals surface area contributed by atoms with E-state index in [1.807, 2.05) is 67.5 Å². The number of hydrogen-bond acceptors (Lipinski definition) is 4. The lowest BCUT2D eigenvalue weighted by Gasteiger charge is -2.30. The largest absolute Gasteiger partial charge is 0.486 e. The molecule has 0 radical (unpaired) electrons. The molecule has 25 heavy (non-hydrogen) atoms. The van der Waals surface area contributed by atoms with Gasteiger partial charge in [0.05, 0.1) is 17.9 Å². The van der Waals surface area contributed by atoms with Crippen molar-refractivity contribution in [3.8, 4) is 11.5 Å². The maximum absolute atomic E-state index is 12.5. The maximum atomic E-state index is 12.5. The zero-order valence-electron chi connectivity index (χ0n) is 14.7. The highest BCUT2D eigenvalue weighted by Gasteiger charge is 2.24. The molecule has 1 aliphatic rings. The molecule has 0 saturated heterocycles. The van der Waals surface area contributed by atoms with Crippen molar-refractivity contribution in [1.82, 2.24) is 4.90 Å². The normalized spacial score (nSPS) is 15.4. The van der Waals surface area contributed by atoms with Crippen molar-refractivity contribution >= 4 is 17.4 Å². The van der Waals surface area contributed by atoms with Crippen LogP contribution in [-0.4, -0.2) is 51.3 Å². The molecule has 0 saturated carbocycles. The molecule has 6 heteroatoms. The number of hydrogen-bond donors (Lipinski definition) is 1. The predicted octanol–water partition coefficient (Wildman–Crippen LogP) is 3.06. The molecule has 3 rings (SSSR count). The standard InChI is InChI=1S/C19H23N3O3/c1-21(2)16-9-5-4-8-15(16)20-19(23)22(3)12-14-13-24-17-10-6-7-11-18(17)25-14/h4-11,14H,12-13H2,1-3H3,(H,20,23). The zero-order chi connectivity index (χ0) is 17.8. The third-order valence-electron chi connectivity index (χ3n) is 4.02. The monoisotopic (exact) mass is 341 g/mol. The van der Waals surface area contributed by atoms with Crippen LogP contribution in [-0.2, 0) is 0 Å². The van der Waals surface area contributed by atoms with E-state index in [9.17, 15) is 4.79 Å². The number of amides is 2. The Morgan fingerprint density at radius 2 is 1.76 bits per heavy atom. The highest BCUT2D eigenvalue weighted by atomic mass is 16.6. The molecular formula is C19H23N3O3. The number of urea groups is 1. The second-order valence-corrected chi connectivity index (χ2v) is 6.22. The van der Waals surface area contributed by atoms with Crippen LogP contribution >= 0.6 is 0 Å². The first-order valence-electron chi connectivity index (χ1n) is 8.21. The average Bonchev–Trinajstić information content (AvgIpc) is 2.61. The number of rotatable bonds is 4. The molecule has 2 aromatic carbocycles. The van der Waals surface area contributed by atoms with Gasteiger partial charge in [-0.25, -0.2) is 4.79 Å². The van der Waals surface area contributed by atoms with E-state index in [1.165, 1.54) is 0 Å². The molecular weight excluding hydrogens is 318 g/mol. The summed E-state index contributed by atoms with van der Waals surface area (Å²) in [7, 11) is 5.64. The Labute approximate surface area is 147 Å². The second-order valence-electron chi connectivity index (χ2n) is 6.22. The Bertz CT molecular complexity index is 748. The average molecular weight is 341 g/mol. The molecule has 2 amide bonds. The number of nitrogens with one attached hydrogen (secondary N) is 1. The van der Waals surface area contributed by atoms with Gasteiger partial charge in [-0.05, 0) is 24.3 Å². The number of carbonyl (C=O) groups is 1. The summed E-state index contributed by atoms with van der Waals surface area (Å²) in [5.41, 5.74) is 1.73. The number of carbonyl (C=O) groups excluding carboxylic acids is 1. The van der Waals surface area contributed by atoms with Crippen molar-refractivity contribution in [2.75, 3.05) is 44.5 Å². The van der Waals surface area contributed by atoms with E-state index in [1.54, 1.807) is 11.9 Å². The SMILES string of the molecule is CN(CC1COc2ccccc2O1)C(=O)Nc1ccccc1N(C)C.